The van der Waals surface area contributed by atoms with Crippen LogP contribution in [0.1, 0.15) is 25.3 Å². The maximum absolute atomic E-state index is 12.7. The van der Waals surface area contributed by atoms with Crippen molar-refractivity contribution in [3.8, 4) is 0 Å². The Bertz CT molecular complexity index is 1140. The normalized spacial score (nSPS) is 15.2. The summed E-state index contributed by atoms with van der Waals surface area (Å²) in [6, 6.07) is 7.55. The molecule has 0 radical (unpaired) electrons. The molecule has 4 rings (SSSR count). The Morgan fingerprint density at radius 2 is 1.80 bits per heavy atom. The lowest BCUT2D eigenvalue weighted by Gasteiger charge is -2.35. The van der Waals surface area contributed by atoms with Crippen molar-refractivity contribution in [1.29, 1.82) is 0 Å². The van der Waals surface area contributed by atoms with Gasteiger partial charge in [-0.1, -0.05) is 37.1 Å². The number of hydrogen-bond acceptors (Lipinski definition) is 5. The Kier molecular flexibility index (Phi) is 5.97. The van der Waals surface area contributed by atoms with E-state index in [-0.39, 0.29) is 0 Å². The van der Waals surface area contributed by atoms with E-state index < -0.39 is 11.2 Å². The molecule has 3 heterocycles. The number of imidazole rings is 1. The van der Waals surface area contributed by atoms with Gasteiger partial charge in [-0.2, -0.15) is 4.98 Å². The molecule has 2 aromatic heterocycles. The number of anilines is 1. The van der Waals surface area contributed by atoms with Gasteiger partial charge in [0.05, 0.1) is 6.54 Å². The third-order valence-corrected chi connectivity index (χ3v) is 5.98. The number of nitrogens with zero attached hydrogens (tertiary/aromatic N) is 5. The van der Waals surface area contributed by atoms with Crippen LogP contribution in [0.25, 0.3) is 11.2 Å². The van der Waals surface area contributed by atoms with Crippen LogP contribution in [0.5, 0.6) is 0 Å². The van der Waals surface area contributed by atoms with Crippen molar-refractivity contribution in [2.45, 2.75) is 26.3 Å². The minimum Gasteiger partial charge on any atom is -0.340 e. The molecule has 1 N–H and O–H groups in total. The van der Waals surface area contributed by atoms with Crippen LogP contribution in [-0.2, 0) is 13.6 Å². The molecule has 0 atom stereocenters. The molecule has 1 aliphatic rings. The fourth-order valence-electron chi connectivity index (χ4n) is 3.94. The van der Waals surface area contributed by atoms with Gasteiger partial charge in [0, 0.05) is 38.2 Å². The minimum atomic E-state index is -0.459. The number of aromatic nitrogens is 4. The summed E-state index contributed by atoms with van der Waals surface area (Å²) in [5, 5.41) is 0.665. The van der Waals surface area contributed by atoms with Crippen molar-refractivity contribution in [1.82, 2.24) is 24.0 Å². The molecule has 0 bridgehead atoms. The molecular weight excluding hydrogens is 404 g/mol. The topological polar surface area (TPSA) is 79.2 Å². The number of rotatable bonds is 6. The molecular formula is C21H27ClN6O2. The van der Waals surface area contributed by atoms with Gasteiger partial charge in [-0.3, -0.25) is 23.8 Å². The van der Waals surface area contributed by atoms with E-state index in [1.165, 1.54) is 17.4 Å². The van der Waals surface area contributed by atoms with Crippen LogP contribution in [0.3, 0.4) is 0 Å². The summed E-state index contributed by atoms with van der Waals surface area (Å²) in [5.41, 5.74) is 0.952. The van der Waals surface area contributed by atoms with Crippen LogP contribution in [0, 0.1) is 0 Å². The lowest BCUT2D eigenvalue weighted by molar-refractivity contribution is 0.252. The molecule has 0 amide bonds. The van der Waals surface area contributed by atoms with Crippen LogP contribution >= 0.6 is 11.6 Å². The number of piperazine rings is 1. The molecule has 3 aromatic rings. The van der Waals surface area contributed by atoms with Crippen molar-refractivity contribution < 1.29 is 0 Å². The second kappa shape index (κ2) is 8.65. The van der Waals surface area contributed by atoms with Crippen LogP contribution in [0.2, 0.25) is 5.02 Å². The van der Waals surface area contributed by atoms with Crippen LogP contribution in [-0.4, -0.2) is 56.7 Å². The average molecular weight is 431 g/mol. The Balaban J connectivity index is 1.74. The van der Waals surface area contributed by atoms with Gasteiger partial charge in [-0.05, 0) is 30.7 Å². The van der Waals surface area contributed by atoms with Gasteiger partial charge in [0.2, 0.25) is 5.95 Å². The van der Waals surface area contributed by atoms with E-state index in [0.717, 1.165) is 44.2 Å². The predicted octanol–water partition coefficient (Wildman–Crippen LogP) is 2.05. The largest absolute Gasteiger partial charge is 0.340 e. The summed E-state index contributed by atoms with van der Waals surface area (Å²) in [6.07, 6.45) is 2.39. The number of fused-ring (bicyclic) bond motifs is 1. The van der Waals surface area contributed by atoms with Gasteiger partial charge >= 0.3 is 5.69 Å². The van der Waals surface area contributed by atoms with Gasteiger partial charge in [0.1, 0.15) is 0 Å². The summed E-state index contributed by atoms with van der Waals surface area (Å²) in [6.45, 7) is 7.37. The monoisotopic (exact) mass is 430 g/mol. The number of hydrogen-bond donors (Lipinski definition) is 1. The van der Waals surface area contributed by atoms with Gasteiger partial charge in [-0.15, -0.1) is 0 Å². The quantitative estimate of drug-likeness (QED) is 0.647. The SMILES string of the molecule is CCCCN1CCN(c2nc3c(c(=O)[nH]c(=O)n3C)n2Cc2ccc(Cl)cc2)CC1. The fraction of sp³-hybridized carbons (Fsp3) is 0.476. The van der Waals surface area contributed by atoms with Gasteiger partial charge in [0.15, 0.2) is 11.2 Å². The Morgan fingerprint density at radius 1 is 1.10 bits per heavy atom. The van der Waals surface area contributed by atoms with Crippen molar-refractivity contribution >= 4 is 28.7 Å². The Morgan fingerprint density at radius 3 is 2.47 bits per heavy atom. The van der Waals surface area contributed by atoms with Gasteiger partial charge in [0.25, 0.3) is 5.56 Å². The van der Waals surface area contributed by atoms with Crippen molar-refractivity contribution in [3.05, 3.63) is 55.7 Å². The molecule has 160 valence electrons. The number of benzene rings is 1. The smallest absolute Gasteiger partial charge is 0.329 e. The van der Waals surface area contributed by atoms with Crippen LogP contribution < -0.4 is 16.1 Å². The first kappa shape index (κ1) is 20.7. The Hall–Kier alpha value is -2.58. The zero-order valence-corrected chi connectivity index (χ0v) is 18.2. The molecule has 1 aliphatic heterocycles. The molecule has 0 aliphatic carbocycles. The van der Waals surface area contributed by atoms with E-state index >= 15 is 0 Å². The van der Waals surface area contributed by atoms with Gasteiger partial charge < -0.3 is 4.90 Å². The summed E-state index contributed by atoms with van der Waals surface area (Å²) < 4.78 is 3.31. The van der Waals surface area contributed by atoms with Crippen molar-refractivity contribution in [2.24, 2.45) is 7.05 Å². The molecule has 1 fully saturated rings. The van der Waals surface area contributed by atoms with E-state index in [2.05, 4.69) is 21.7 Å². The number of unbranched alkanes of at least 4 members (excludes halogenated alkanes) is 1. The van der Waals surface area contributed by atoms with Crippen molar-refractivity contribution in [2.75, 3.05) is 37.6 Å². The molecule has 0 spiro atoms. The molecule has 1 saturated heterocycles. The zero-order valence-electron chi connectivity index (χ0n) is 17.4. The van der Waals surface area contributed by atoms with E-state index in [0.29, 0.717) is 22.7 Å². The predicted molar refractivity (Wildman–Crippen MR) is 120 cm³/mol. The third kappa shape index (κ3) is 4.02. The lowest BCUT2D eigenvalue weighted by Crippen LogP contribution is -2.47. The van der Waals surface area contributed by atoms with Crippen LogP contribution in [0.4, 0.5) is 5.95 Å². The first-order valence-corrected chi connectivity index (χ1v) is 10.8. The highest BCUT2D eigenvalue weighted by Crippen LogP contribution is 2.23. The van der Waals surface area contributed by atoms with Gasteiger partial charge in [-0.25, -0.2) is 4.79 Å². The Labute approximate surface area is 179 Å². The zero-order chi connectivity index (χ0) is 21.3. The maximum Gasteiger partial charge on any atom is 0.329 e. The first-order valence-electron chi connectivity index (χ1n) is 10.4. The van der Waals surface area contributed by atoms with E-state index in [1.807, 2.05) is 28.8 Å². The summed E-state index contributed by atoms with van der Waals surface area (Å²) in [5.74, 6) is 0.724. The lowest BCUT2D eigenvalue weighted by atomic mass is 10.2. The second-order valence-corrected chi connectivity index (χ2v) is 8.23. The van der Waals surface area contributed by atoms with E-state index in [4.69, 9.17) is 16.6 Å². The number of aromatic amines is 1. The summed E-state index contributed by atoms with van der Waals surface area (Å²) in [7, 11) is 1.63. The fourth-order valence-corrected chi connectivity index (χ4v) is 4.07. The number of nitrogens with one attached hydrogen (secondary N) is 1. The van der Waals surface area contributed by atoms with E-state index in [9.17, 15) is 9.59 Å². The molecule has 0 saturated carbocycles. The first-order chi connectivity index (χ1) is 14.5. The highest BCUT2D eigenvalue weighted by atomic mass is 35.5. The summed E-state index contributed by atoms with van der Waals surface area (Å²) >= 11 is 6.03. The standard InChI is InChI=1S/C21H27ClN6O2/c1-3-4-9-26-10-12-27(13-11-26)20-23-18-17(19(29)24-21(30)25(18)2)28(20)14-15-5-7-16(22)8-6-15/h5-8H,3-4,9-14H2,1-2H3,(H,24,29,30). The van der Waals surface area contributed by atoms with Crippen molar-refractivity contribution in [3.63, 3.8) is 0 Å². The number of H-pyrrole nitrogens is 1. The number of halogens is 1. The average Bonchev–Trinajstić information content (AvgIpc) is 3.12. The van der Waals surface area contributed by atoms with Crippen LogP contribution in [0.15, 0.2) is 33.9 Å². The number of aryl methyl sites for hydroxylation is 1. The molecule has 1 aromatic carbocycles. The maximum atomic E-state index is 12.7. The molecule has 9 heteroatoms. The molecule has 8 nitrogen and oxygen atoms in total. The highest BCUT2D eigenvalue weighted by molar-refractivity contribution is 6.30. The summed E-state index contributed by atoms with van der Waals surface area (Å²) in [4.78, 5) is 36.6. The second-order valence-electron chi connectivity index (χ2n) is 7.80. The third-order valence-electron chi connectivity index (χ3n) is 5.72. The van der Waals surface area contributed by atoms with E-state index in [1.54, 1.807) is 7.05 Å². The molecule has 30 heavy (non-hydrogen) atoms. The molecule has 0 unspecified atom stereocenters. The highest BCUT2D eigenvalue weighted by Gasteiger charge is 2.24. The minimum absolute atomic E-state index is 0.404.